The van der Waals surface area contributed by atoms with E-state index < -0.39 is 18.4 Å². The number of hydrogen-bond acceptors (Lipinski definition) is 0. The zero-order valence-electron chi connectivity index (χ0n) is 13.6. The zero-order chi connectivity index (χ0) is 13.9. The molecule has 0 nitrogen and oxygen atoms in total. The Bertz CT molecular complexity index is 186. The van der Waals surface area contributed by atoms with E-state index in [1.54, 1.807) is 13.3 Å². The van der Waals surface area contributed by atoms with Crippen LogP contribution in [0.2, 0.25) is 17.2 Å². The molecule has 0 spiro atoms. The third-order valence-electron chi connectivity index (χ3n) is 4.53. The normalized spacial score (nSPS) is 14.3. The maximum atomic E-state index is 2.54. The number of unbranched alkanes of at least 4 members (excludes halogenated alkanes) is 3. The molecule has 0 aromatic rings. The summed E-state index contributed by atoms with van der Waals surface area (Å²) in [5, 5.41) is 0. The molecule has 0 N–H and O–H groups in total. The molecule has 0 aliphatic rings. The predicted molar refractivity (Wildman–Crippen MR) is 89.1 cm³/mol. The summed E-state index contributed by atoms with van der Waals surface area (Å²) in [7, 11) is 0. The summed E-state index contributed by atoms with van der Waals surface area (Å²) in [5.74, 6) is 0. The van der Waals surface area contributed by atoms with Crippen LogP contribution in [0.25, 0.3) is 0 Å². The Balaban J connectivity index is 4.83. The van der Waals surface area contributed by atoms with Gasteiger partial charge in [0.15, 0.2) is 0 Å². The molecule has 18 heavy (non-hydrogen) atoms. The van der Waals surface area contributed by atoms with Gasteiger partial charge in [-0.3, -0.25) is 0 Å². The minimum atomic E-state index is -1.91. The van der Waals surface area contributed by atoms with Crippen molar-refractivity contribution in [1.29, 1.82) is 0 Å². The van der Waals surface area contributed by atoms with Crippen molar-refractivity contribution < 1.29 is 0 Å². The van der Waals surface area contributed by atoms with Crippen LogP contribution in [0.15, 0.2) is 12.2 Å². The zero-order valence-corrected chi connectivity index (χ0v) is 16.5. The van der Waals surface area contributed by atoms with Crippen molar-refractivity contribution in [2.24, 2.45) is 0 Å². The molecule has 0 bridgehead atoms. The first-order chi connectivity index (χ1) is 8.66. The molecule has 0 fully saturated rings. The molecule has 1 unspecified atom stereocenters. The Kier molecular flexibility index (Phi) is 11.7. The standard InChI is InChI=1S/C5H9.3C4H9.Sn/c1-3-5-4-2;3*1-3-4-2;/h3-5H,1-2H3;3*1,3-4H2,2H3;/b5-3+;;;;. The van der Waals surface area contributed by atoms with Crippen molar-refractivity contribution in [3.8, 4) is 0 Å². The number of allylic oxidation sites excluding steroid dienone is 2. The molecule has 1 atom stereocenters. The van der Waals surface area contributed by atoms with Crippen LogP contribution in [0, 0.1) is 0 Å². The molecule has 0 amide bonds. The Morgan fingerprint density at radius 1 is 0.833 bits per heavy atom. The molecule has 0 aliphatic carbocycles. The van der Waals surface area contributed by atoms with E-state index in [0.717, 1.165) is 3.93 Å². The van der Waals surface area contributed by atoms with Gasteiger partial charge in [0, 0.05) is 0 Å². The van der Waals surface area contributed by atoms with Crippen LogP contribution in [0.4, 0.5) is 0 Å². The second kappa shape index (κ2) is 11.4. The van der Waals surface area contributed by atoms with Gasteiger partial charge in [0.25, 0.3) is 0 Å². The first-order valence-electron chi connectivity index (χ1n) is 8.29. The molecule has 0 aromatic carbocycles. The summed E-state index contributed by atoms with van der Waals surface area (Å²) in [6.45, 7) is 11.8. The molecular weight excluding hydrogens is 323 g/mol. The van der Waals surface area contributed by atoms with Crippen molar-refractivity contribution in [3.05, 3.63) is 12.2 Å². The molecular formula is C17H36Sn. The minimum absolute atomic E-state index is 0.953. The third kappa shape index (κ3) is 6.63. The first-order valence-corrected chi connectivity index (χ1v) is 16.0. The second-order valence-electron chi connectivity index (χ2n) is 5.99. The van der Waals surface area contributed by atoms with E-state index in [1.165, 1.54) is 38.5 Å². The number of rotatable bonds is 11. The Morgan fingerprint density at radius 2 is 1.22 bits per heavy atom. The fourth-order valence-corrected chi connectivity index (χ4v) is 19.9. The maximum absolute atomic E-state index is 2.54. The van der Waals surface area contributed by atoms with Crippen LogP contribution in [-0.2, 0) is 0 Å². The average molecular weight is 359 g/mol. The summed E-state index contributed by atoms with van der Waals surface area (Å²) in [4.78, 5) is 0. The summed E-state index contributed by atoms with van der Waals surface area (Å²) < 4.78 is 5.86. The van der Waals surface area contributed by atoms with Crippen LogP contribution < -0.4 is 0 Å². The fourth-order valence-electron chi connectivity index (χ4n) is 3.14. The summed E-state index contributed by atoms with van der Waals surface area (Å²) in [6, 6.07) is 0. The molecule has 0 aromatic heterocycles. The van der Waals surface area contributed by atoms with E-state index >= 15 is 0 Å². The second-order valence-corrected chi connectivity index (χ2v) is 20.6. The molecule has 0 aliphatic heterocycles. The van der Waals surface area contributed by atoms with Gasteiger partial charge in [-0.25, -0.2) is 0 Å². The molecule has 0 heterocycles. The fraction of sp³-hybridized carbons (Fsp3) is 0.882. The van der Waals surface area contributed by atoms with Crippen molar-refractivity contribution >= 4 is 18.4 Å². The third-order valence-corrected chi connectivity index (χ3v) is 22.1. The van der Waals surface area contributed by atoms with Crippen LogP contribution in [-0.4, -0.2) is 18.4 Å². The summed E-state index contributed by atoms with van der Waals surface area (Å²) in [6.07, 6.45) is 13.5. The molecule has 0 saturated heterocycles. The topological polar surface area (TPSA) is 0 Å². The Labute approximate surface area is 121 Å². The molecule has 108 valence electrons. The van der Waals surface area contributed by atoms with Gasteiger partial charge in [-0.2, -0.15) is 0 Å². The molecule has 0 radical (unpaired) electrons. The molecule has 0 rings (SSSR count). The monoisotopic (exact) mass is 360 g/mol. The van der Waals surface area contributed by atoms with E-state index in [1.807, 2.05) is 0 Å². The van der Waals surface area contributed by atoms with Crippen LogP contribution in [0.1, 0.15) is 73.1 Å². The van der Waals surface area contributed by atoms with Gasteiger partial charge in [0.2, 0.25) is 0 Å². The van der Waals surface area contributed by atoms with Crippen molar-refractivity contribution in [2.45, 2.75) is 90.4 Å². The number of hydrogen-bond donors (Lipinski definition) is 0. The van der Waals surface area contributed by atoms with Gasteiger partial charge in [-0.15, -0.1) is 0 Å². The van der Waals surface area contributed by atoms with Gasteiger partial charge in [-0.05, 0) is 0 Å². The van der Waals surface area contributed by atoms with Gasteiger partial charge in [-0.1, -0.05) is 0 Å². The van der Waals surface area contributed by atoms with Crippen molar-refractivity contribution in [3.63, 3.8) is 0 Å². The first kappa shape index (κ1) is 18.5. The van der Waals surface area contributed by atoms with Gasteiger partial charge >= 0.3 is 121 Å². The van der Waals surface area contributed by atoms with Crippen molar-refractivity contribution in [2.75, 3.05) is 0 Å². The van der Waals surface area contributed by atoms with Crippen LogP contribution in [0.3, 0.4) is 0 Å². The molecule has 1 heteroatoms. The molecule has 0 saturated carbocycles. The summed E-state index contributed by atoms with van der Waals surface area (Å²) >= 11 is -1.91. The van der Waals surface area contributed by atoms with E-state index in [0.29, 0.717) is 0 Å². The SMILES string of the molecule is C/C=C/[CH](C)[Sn]([CH2]CCC)([CH2]CCC)[CH2]CCC. The Morgan fingerprint density at radius 3 is 1.50 bits per heavy atom. The predicted octanol–water partition coefficient (Wildman–Crippen LogP) is 6.80. The Hall–Kier alpha value is 0.539. The average Bonchev–Trinajstić information content (AvgIpc) is 2.38. The van der Waals surface area contributed by atoms with Gasteiger partial charge < -0.3 is 0 Å². The quantitative estimate of drug-likeness (QED) is 0.281. The van der Waals surface area contributed by atoms with E-state index in [4.69, 9.17) is 0 Å². The van der Waals surface area contributed by atoms with Gasteiger partial charge in [0.1, 0.15) is 0 Å². The van der Waals surface area contributed by atoms with Crippen LogP contribution >= 0.6 is 0 Å². The van der Waals surface area contributed by atoms with E-state index in [-0.39, 0.29) is 0 Å². The van der Waals surface area contributed by atoms with E-state index in [9.17, 15) is 0 Å². The van der Waals surface area contributed by atoms with Crippen molar-refractivity contribution in [1.82, 2.24) is 0 Å². The van der Waals surface area contributed by atoms with Gasteiger partial charge in [0.05, 0.1) is 0 Å². The van der Waals surface area contributed by atoms with E-state index in [2.05, 4.69) is 46.8 Å². The van der Waals surface area contributed by atoms with Crippen LogP contribution in [0.5, 0.6) is 0 Å². The summed E-state index contributed by atoms with van der Waals surface area (Å²) in [5.41, 5.74) is 0.